The van der Waals surface area contributed by atoms with Gasteiger partial charge >= 0.3 is 6.61 Å². The van der Waals surface area contributed by atoms with Crippen molar-refractivity contribution in [1.29, 1.82) is 0 Å². The van der Waals surface area contributed by atoms with E-state index in [2.05, 4.69) is 15.4 Å². The van der Waals surface area contributed by atoms with E-state index in [0.29, 0.717) is 0 Å². The van der Waals surface area contributed by atoms with Gasteiger partial charge in [0.1, 0.15) is 6.04 Å². The lowest BCUT2D eigenvalue weighted by molar-refractivity contribution is -0.121. The van der Waals surface area contributed by atoms with Crippen LogP contribution in [0.25, 0.3) is 0 Å². The van der Waals surface area contributed by atoms with Crippen molar-refractivity contribution < 1.29 is 22.7 Å². The van der Waals surface area contributed by atoms with Crippen LogP contribution in [0.4, 0.5) is 24.5 Å². The molecular weight excluding hydrogens is 287 g/mol. The summed E-state index contributed by atoms with van der Waals surface area (Å²) >= 11 is 0. The molecule has 1 saturated carbocycles. The molecule has 1 fully saturated rings. The molecule has 0 aromatic heterocycles. The van der Waals surface area contributed by atoms with Gasteiger partial charge < -0.3 is 21.1 Å². The van der Waals surface area contributed by atoms with Gasteiger partial charge in [-0.15, -0.1) is 0 Å². The SMILES string of the molecule is CC(Nc1cc(OC(F)F)c(F)cc1N)C(=O)NC1CC1. The number of nitrogens with two attached hydrogens (primary N) is 1. The number of hydrogen-bond acceptors (Lipinski definition) is 4. The minimum Gasteiger partial charge on any atom is -0.432 e. The lowest BCUT2D eigenvalue weighted by atomic mass is 10.2. The topological polar surface area (TPSA) is 76.4 Å². The Labute approximate surface area is 119 Å². The molecule has 0 bridgehead atoms. The van der Waals surface area contributed by atoms with Crippen LogP contribution in [0.2, 0.25) is 0 Å². The summed E-state index contributed by atoms with van der Waals surface area (Å²) in [5, 5.41) is 5.54. The molecule has 2 rings (SSSR count). The molecule has 1 aliphatic carbocycles. The van der Waals surface area contributed by atoms with E-state index < -0.39 is 24.2 Å². The fraction of sp³-hybridized carbons (Fsp3) is 0.462. The number of alkyl halides is 2. The van der Waals surface area contributed by atoms with E-state index in [1.165, 1.54) is 0 Å². The summed E-state index contributed by atoms with van der Waals surface area (Å²) < 4.78 is 41.8. The van der Waals surface area contributed by atoms with Gasteiger partial charge in [0.15, 0.2) is 11.6 Å². The van der Waals surface area contributed by atoms with Crippen LogP contribution < -0.4 is 21.1 Å². The Balaban J connectivity index is 2.08. The van der Waals surface area contributed by atoms with Crippen LogP contribution in [0.1, 0.15) is 19.8 Å². The quantitative estimate of drug-likeness (QED) is 0.703. The van der Waals surface area contributed by atoms with Crippen molar-refractivity contribution in [2.75, 3.05) is 11.1 Å². The highest BCUT2D eigenvalue weighted by Gasteiger charge is 2.26. The predicted octanol–water partition coefficient (Wildman–Crippen LogP) is 2.09. The summed E-state index contributed by atoms with van der Waals surface area (Å²) in [5.41, 5.74) is 5.76. The first kappa shape index (κ1) is 15.3. The summed E-state index contributed by atoms with van der Waals surface area (Å²) in [4.78, 5) is 11.8. The number of nitrogen functional groups attached to an aromatic ring is 1. The number of benzene rings is 1. The minimum atomic E-state index is -3.15. The van der Waals surface area contributed by atoms with E-state index in [1.807, 2.05) is 0 Å². The van der Waals surface area contributed by atoms with Crippen molar-refractivity contribution in [2.24, 2.45) is 0 Å². The van der Waals surface area contributed by atoms with Gasteiger partial charge in [0.2, 0.25) is 5.91 Å². The van der Waals surface area contributed by atoms with Crippen molar-refractivity contribution in [2.45, 2.75) is 38.5 Å². The molecule has 116 valence electrons. The zero-order valence-corrected chi connectivity index (χ0v) is 11.3. The predicted molar refractivity (Wildman–Crippen MR) is 71.7 cm³/mol. The molecule has 0 radical (unpaired) electrons. The number of carbonyl (C=O) groups is 1. The molecule has 21 heavy (non-hydrogen) atoms. The average molecular weight is 303 g/mol. The Hall–Kier alpha value is -2.12. The summed E-state index contributed by atoms with van der Waals surface area (Å²) in [6.45, 7) is -1.56. The van der Waals surface area contributed by atoms with E-state index in [0.717, 1.165) is 25.0 Å². The molecular formula is C13H16F3N3O2. The monoisotopic (exact) mass is 303 g/mol. The first-order valence-corrected chi connectivity index (χ1v) is 6.47. The Morgan fingerprint density at radius 1 is 1.43 bits per heavy atom. The second kappa shape index (κ2) is 6.11. The third-order valence-corrected chi connectivity index (χ3v) is 3.01. The number of nitrogens with one attached hydrogen (secondary N) is 2. The van der Waals surface area contributed by atoms with Gasteiger partial charge in [0, 0.05) is 18.2 Å². The second-order valence-electron chi connectivity index (χ2n) is 4.90. The Bertz CT molecular complexity index is 536. The smallest absolute Gasteiger partial charge is 0.387 e. The van der Waals surface area contributed by atoms with Gasteiger partial charge in [-0.2, -0.15) is 8.78 Å². The Morgan fingerprint density at radius 2 is 2.10 bits per heavy atom. The third kappa shape index (κ3) is 4.17. The van der Waals surface area contributed by atoms with E-state index in [4.69, 9.17) is 5.73 Å². The maximum atomic E-state index is 13.4. The van der Waals surface area contributed by atoms with Crippen LogP contribution >= 0.6 is 0 Å². The van der Waals surface area contributed by atoms with Crippen LogP contribution in [0.5, 0.6) is 5.75 Å². The van der Waals surface area contributed by atoms with Crippen molar-refractivity contribution in [3.63, 3.8) is 0 Å². The lowest BCUT2D eigenvalue weighted by Gasteiger charge is -2.17. The summed E-state index contributed by atoms with van der Waals surface area (Å²) in [5.74, 6) is -1.86. The van der Waals surface area contributed by atoms with Crippen LogP contribution in [-0.4, -0.2) is 24.6 Å². The molecule has 1 amide bonds. The van der Waals surface area contributed by atoms with Crippen molar-refractivity contribution in [3.05, 3.63) is 17.9 Å². The van der Waals surface area contributed by atoms with Crippen LogP contribution in [0.15, 0.2) is 12.1 Å². The van der Waals surface area contributed by atoms with Gasteiger partial charge in [-0.05, 0) is 19.8 Å². The number of ether oxygens (including phenoxy) is 1. The highest BCUT2D eigenvalue weighted by Crippen LogP contribution is 2.30. The molecule has 0 spiro atoms. The first-order chi connectivity index (χ1) is 9.86. The highest BCUT2D eigenvalue weighted by atomic mass is 19.3. The van der Waals surface area contributed by atoms with Crippen molar-refractivity contribution in [1.82, 2.24) is 5.32 Å². The number of rotatable bonds is 6. The lowest BCUT2D eigenvalue weighted by Crippen LogP contribution is -2.38. The summed E-state index contributed by atoms with van der Waals surface area (Å²) in [6, 6.07) is 1.44. The number of halogens is 3. The Morgan fingerprint density at radius 3 is 2.67 bits per heavy atom. The molecule has 8 heteroatoms. The number of anilines is 2. The summed E-state index contributed by atoms with van der Waals surface area (Å²) in [6.07, 6.45) is 1.90. The van der Waals surface area contributed by atoms with E-state index >= 15 is 0 Å². The molecule has 4 N–H and O–H groups in total. The first-order valence-electron chi connectivity index (χ1n) is 6.47. The molecule has 0 heterocycles. The number of carbonyl (C=O) groups excluding carboxylic acids is 1. The van der Waals surface area contributed by atoms with E-state index in [1.54, 1.807) is 6.92 Å². The normalized spacial score (nSPS) is 15.7. The molecule has 1 aromatic rings. The molecule has 1 aliphatic rings. The van der Waals surface area contributed by atoms with E-state index in [9.17, 15) is 18.0 Å². The maximum Gasteiger partial charge on any atom is 0.387 e. The summed E-state index contributed by atoms with van der Waals surface area (Å²) in [7, 11) is 0. The molecule has 1 unspecified atom stereocenters. The van der Waals surface area contributed by atoms with E-state index in [-0.39, 0.29) is 23.3 Å². The van der Waals surface area contributed by atoms with Crippen LogP contribution in [0.3, 0.4) is 0 Å². The molecule has 0 aliphatic heterocycles. The minimum absolute atomic E-state index is 0.000174. The van der Waals surface area contributed by atoms with Crippen LogP contribution in [0, 0.1) is 5.82 Å². The van der Waals surface area contributed by atoms with Crippen molar-refractivity contribution in [3.8, 4) is 5.75 Å². The fourth-order valence-electron chi connectivity index (χ4n) is 1.73. The second-order valence-corrected chi connectivity index (χ2v) is 4.90. The van der Waals surface area contributed by atoms with Gasteiger partial charge in [0.25, 0.3) is 0 Å². The largest absolute Gasteiger partial charge is 0.432 e. The van der Waals surface area contributed by atoms with Crippen molar-refractivity contribution >= 4 is 17.3 Å². The van der Waals surface area contributed by atoms with Gasteiger partial charge in [-0.3, -0.25) is 4.79 Å². The standard InChI is InChI=1S/C13H16F3N3O2/c1-6(12(20)19-7-2-3-7)18-10-5-11(21-13(15)16)8(14)4-9(10)17/h4-7,13,18H,2-3,17H2,1H3,(H,19,20). The zero-order chi connectivity index (χ0) is 15.6. The highest BCUT2D eigenvalue weighted by molar-refractivity contribution is 5.86. The number of amides is 1. The zero-order valence-electron chi connectivity index (χ0n) is 11.3. The van der Waals surface area contributed by atoms with Gasteiger partial charge in [0.05, 0.1) is 11.4 Å². The molecule has 0 saturated heterocycles. The number of hydrogen-bond donors (Lipinski definition) is 3. The fourth-order valence-corrected chi connectivity index (χ4v) is 1.73. The third-order valence-electron chi connectivity index (χ3n) is 3.01. The molecule has 5 nitrogen and oxygen atoms in total. The molecule has 1 aromatic carbocycles. The average Bonchev–Trinajstić information content (AvgIpc) is 3.18. The van der Waals surface area contributed by atoms with Gasteiger partial charge in [-0.25, -0.2) is 4.39 Å². The Kier molecular flexibility index (Phi) is 4.44. The maximum absolute atomic E-state index is 13.4. The van der Waals surface area contributed by atoms with Crippen LogP contribution in [-0.2, 0) is 4.79 Å². The van der Waals surface area contributed by atoms with Gasteiger partial charge in [-0.1, -0.05) is 0 Å². The molecule has 1 atom stereocenters.